The number of esters is 1. The molecule has 0 unspecified atom stereocenters. The van der Waals surface area contributed by atoms with E-state index in [2.05, 4.69) is 0 Å². The van der Waals surface area contributed by atoms with Crippen LogP contribution in [-0.2, 0) is 19.1 Å². The highest BCUT2D eigenvalue weighted by Crippen LogP contribution is 2.12. The van der Waals surface area contributed by atoms with Crippen LogP contribution in [0.25, 0.3) is 0 Å². The summed E-state index contributed by atoms with van der Waals surface area (Å²) in [4.78, 5) is 24.5. The number of ether oxygens (including phenoxy) is 2. The van der Waals surface area contributed by atoms with E-state index in [0.717, 1.165) is 19.3 Å². The minimum absolute atomic E-state index is 0.0421. The molecule has 0 radical (unpaired) electrons. The van der Waals surface area contributed by atoms with Crippen molar-refractivity contribution in [2.24, 2.45) is 5.92 Å². The summed E-state index contributed by atoms with van der Waals surface area (Å²) in [6.07, 6.45) is 2.57. The Hall–Kier alpha value is -1.10. The molecule has 1 saturated heterocycles. The highest BCUT2D eigenvalue weighted by atomic mass is 16.5. The van der Waals surface area contributed by atoms with Gasteiger partial charge in [-0.15, -0.1) is 0 Å². The van der Waals surface area contributed by atoms with Gasteiger partial charge in [-0.2, -0.15) is 0 Å². The molecule has 18 heavy (non-hydrogen) atoms. The Labute approximate surface area is 108 Å². The first-order valence-corrected chi connectivity index (χ1v) is 6.61. The van der Waals surface area contributed by atoms with Crippen LogP contribution in [0, 0.1) is 5.92 Å². The number of amides is 1. The van der Waals surface area contributed by atoms with Gasteiger partial charge in [0, 0.05) is 25.9 Å². The Bertz CT molecular complexity index is 274. The number of morpholine rings is 1. The van der Waals surface area contributed by atoms with Crippen molar-refractivity contribution in [3.05, 3.63) is 0 Å². The van der Waals surface area contributed by atoms with Crippen molar-refractivity contribution in [1.82, 2.24) is 4.90 Å². The number of hydrogen-bond donors (Lipinski definition) is 0. The molecule has 1 aliphatic rings. The maximum absolute atomic E-state index is 12.1. The van der Waals surface area contributed by atoms with E-state index in [1.165, 1.54) is 6.92 Å². The van der Waals surface area contributed by atoms with Crippen LogP contribution in [0.15, 0.2) is 0 Å². The van der Waals surface area contributed by atoms with Crippen LogP contribution >= 0.6 is 0 Å². The first-order chi connectivity index (χ1) is 8.61. The topological polar surface area (TPSA) is 55.8 Å². The van der Waals surface area contributed by atoms with Gasteiger partial charge < -0.3 is 14.4 Å². The maximum atomic E-state index is 12.1. The molecule has 1 heterocycles. The average molecular weight is 257 g/mol. The fraction of sp³-hybridized carbons (Fsp3) is 0.846. The Kier molecular flexibility index (Phi) is 6.72. The first-order valence-electron chi connectivity index (χ1n) is 6.61. The Morgan fingerprint density at radius 2 is 1.94 bits per heavy atom. The number of unbranched alkanes of at least 4 members (excludes halogenated alkanes) is 1. The van der Waals surface area contributed by atoms with Gasteiger partial charge in [0.1, 0.15) is 0 Å². The van der Waals surface area contributed by atoms with E-state index in [-0.39, 0.29) is 17.8 Å². The summed E-state index contributed by atoms with van der Waals surface area (Å²) in [5.41, 5.74) is 0. The lowest BCUT2D eigenvalue weighted by atomic mass is 10.0. The number of hydrogen-bond acceptors (Lipinski definition) is 4. The SMILES string of the molecule is CC(=O)OCCCC[C@H](C)C(=O)N1CCOCC1. The van der Waals surface area contributed by atoms with Crippen molar-refractivity contribution in [3.63, 3.8) is 0 Å². The van der Waals surface area contributed by atoms with E-state index in [9.17, 15) is 9.59 Å². The predicted octanol–water partition coefficient (Wildman–Crippen LogP) is 1.21. The molecule has 0 N–H and O–H groups in total. The second kappa shape index (κ2) is 8.08. The van der Waals surface area contributed by atoms with Gasteiger partial charge in [0.2, 0.25) is 5.91 Å². The van der Waals surface area contributed by atoms with Crippen LogP contribution in [0.1, 0.15) is 33.1 Å². The highest BCUT2D eigenvalue weighted by Gasteiger charge is 2.21. The van der Waals surface area contributed by atoms with Crippen molar-refractivity contribution in [2.75, 3.05) is 32.9 Å². The van der Waals surface area contributed by atoms with Gasteiger partial charge in [-0.1, -0.05) is 6.92 Å². The molecule has 0 aromatic carbocycles. The molecule has 0 bridgehead atoms. The highest BCUT2D eigenvalue weighted by molar-refractivity contribution is 5.78. The average Bonchev–Trinajstić information content (AvgIpc) is 2.38. The van der Waals surface area contributed by atoms with E-state index in [1.807, 2.05) is 11.8 Å². The van der Waals surface area contributed by atoms with Crippen molar-refractivity contribution in [3.8, 4) is 0 Å². The summed E-state index contributed by atoms with van der Waals surface area (Å²) in [5, 5.41) is 0. The third-order valence-electron chi connectivity index (χ3n) is 3.08. The zero-order valence-electron chi connectivity index (χ0n) is 11.3. The molecular formula is C13H23NO4. The van der Waals surface area contributed by atoms with Crippen LogP contribution in [0.2, 0.25) is 0 Å². The molecule has 1 aliphatic heterocycles. The molecule has 0 aromatic heterocycles. The summed E-state index contributed by atoms with van der Waals surface area (Å²) in [6.45, 7) is 6.52. The molecule has 0 aliphatic carbocycles. The lowest BCUT2D eigenvalue weighted by Gasteiger charge is -2.29. The predicted molar refractivity (Wildman–Crippen MR) is 67.0 cm³/mol. The van der Waals surface area contributed by atoms with Crippen molar-refractivity contribution < 1.29 is 19.1 Å². The second-order valence-corrected chi connectivity index (χ2v) is 4.67. The number of rotatable bonds is 6. The number of nitrogens with zero attached hydrogens (tertiary/aromatic N) is 1. The van der Waals surface area contributed by atoms with E-state index in [1.54, 1.807) is 0 Å². The zero-order chi connectivity index (χ0) is 13.4. The molecule has 1 atom stereocenters. The first kappa shape index (κ1) is 15.0. The molecular weight excluding hydrogens is 234 g/mol. The van der Waals surface area contributed by atoms with E-state index < -0.39 is 0 Å². The van der Waals surface area contributed by atoms with Gasteiger partial charge in [-0.3, -0.25) is 9.59 Å². The van der Waals surface area contributed by atoms with Gasteiger partial charge >= 0.3 is 5.97 Å². The van der Waals surface area contributed by atoms with E-state index >= 15 is 0 Å². The third-order valence-corrected chi connectivity index (χ3v) is 3.08. The van der Waals surface area contributed by atoms with Gasteiger partial charge in [0.25, 0.3) is 0 Å². The Morgan fingerprint density at radius 3 is 2.56 bits per heavy atom. The molecule has 0 spiro atoms. The van der Waals surface area contributed by atoms with Crippen LogP contribution in [0.4, 0.5) is 0 Å². The molecule has 1 rings (SSSR count). The molecule has 1 fully saturated rings. The summed E-state index contributed by atoms with van der Waals surface area (Å²) < 4.78 is 10.1. The smallest absolute Gasteiger partial charge is 0.302 e. The summed E-state index contributed by atoms with van der Waals surface area (Å²) in [7, 11) is 0. The molecule has 104 valence electrons. The van der Waals surface area contributed by atoms with Crippen molar-refractivity contribution in [2.45, 2.75) is 33.1 Å². The molecule has 5 heteroatoms. The lowest BCUT2D eigenvalue weighted by molar-refractivity contribution is -0.142. The second-order valence-electron chi connectivity index (χ2n) is 4.67. The number of carbonyl (C=O) groups excluding carboxylic acids is 2. The normalized spacial score (nSPS) is 17.3. The molecule has 1 amide bonds. The van der Waals surface area contributed by atoms with E-state index in [4.69, 9.17) is 9.47 Å². The third kappa shape index (κ3) is 5.49. The maximum Gasteiger partial charge on any atom is 0.302 e. The number of carbonyl (C=O) groups is 2. The largest absolute Gasteiger partial charge is 0.466 e. The minimum atomic E-state index is -0.243. The van der Waals surface area contributed by atoms with Crippen LogP contribution < -0.4 is 0 Å². The van der Waals surface area contributed by atoms with Crippen LogP contribution in [0.5, 0.6) is 0 Å². The quantitative estimate of drug-likeness (QED) is 0.530. The molecule has 0 aromatic rings. The summed E-state index contributed by atoms with van der Waals surface area (Å²) in [5.74, 6) is 0.0126. The summed E-state index contributed by atoms with van der Waals surface area (Å²) >= 11 is 0. The van der Waals surface area contributed by atoms with Gasteiger partial charge in [0.15, 0.2) is 0 Å². The van der Waals surface area contributed by atoms with Crippen molar-refractivity contribution >= 4 is 11.9 Å². The molecule has 5 nitrogen and oxygen atoms in total. The lowest BCUT2D eigenvalue weighted by Crippen LogP contribution is -2.43. The molecule has 0 saturated carbocycles. The van der Waals surface area contributed by atoms with Gasteiger partial charge in [-0.05, 0) is 19.3 Å². The standard InChI is InChI=1S/C13H23NO4/c1-11(5-3-4-8-18-12(2)15)13(16)14-6-9-17-10-7-14/h11H,3-10H2,1-2H3/t11-/m0/s1. The Morgan fingerprint density at radius 1 is 1.28 bits per heavy atom. The van der Waals surface area contributed by atoms with Crippen LogP contribution in [-0.4, -0.2) is 49.7 Å². The Balaban J connectivity index is 2.13. The van der Waals surface area contributed by atoms with Gasteiger partial charge in [-0.25, -0.2) is 0 Å². The summed E-state index contributed by atoms with van der Waals surface area (Å²) in [6, 6.07) is 0. The van der Waals surface area contributed by atoms with Crippen LogP contribution in [0.3, 0.4) is 0 Å². The zero-order valence-corrected chi connectivity index (χ0v) is 11.3. The van der Waals surface area contributed by atoms with E-state index in [0.29, 0.717) is 32.9 Å². The monoisotopic (exact) mass is 257 g/mol. The fourth-order valence-corrected chi connectivity index (χ4v) is 1.99. The van der Waals surface area contributed by atoms with Crippen molar-refractivity contribution in [1.29, 1.82) is 0 Å². The fourth-order valence-electron chi connectivity index (χ4n) is 1.99. The minimum Gasteiger partial charge on any atom is -0.466 e. The van der Waals surface area contributed by atoms with Gasteiger partial charge in [0.05, 0.1) is 19.8 Å².